The summed E-state index contributed by atoms with van der Waals surface area (Å²) in [5.41, 5.74) is 11.7. The zero-order valence-corrected chi connectivity index (χ0v) is 30.7. The Hall–Kier alpha value is -6.94. The van der Waals surface area contributed by atoms with E-state index >= 15 is 0 Å². The van der Waals surface area contributed by atoms with Gasteiger partial charge in [-0.25, -0.2) is 0 Å². The molecule has 0 radical (unpaired) electrons. The fourth-order valence-corrected chi connectivity index (χ4v) is 9.49. The third kappa shape index (κ3) is 5.32. The zero-order valence-electron chi connectivity index (χ0n) is 29.9. The molecule has 55 heavy (non-hydrogen) atoms. The van der Waals surface area contributed by atoms with Gasteiger partial charge in [0.15, 0.2) is 0 Å². The average molecular weight is 719 g/mol. The van der Waals surface area contributed by atoms with Gasteiger partial charge >= 0.3 is 0 Å². The molecule has 0 amide bonds. The van der Waals surface area contributed by atoms with E-state index in [2.05, 4.69) is 216 Å². The molecule has 9 aromatic carbocycles. The van der Waals surface area contributed by atoms with Gasteiger partial charge in [0.2, 0.25) is 0 Å². The Balaban J connectivity index is 1.09. The maximum atomic E-state index is 2.41. The number of aromatic nitrogens is 1. The van der Waals surface area contributed by atoms with Gasteiger partial charge in [-0.05, 0) is 112 Å². The lowest BCUT2D eigenvalue weighted by Crippen LogP contribution is -2.10. The number of hydrogen-bond acceptors (Lipinski definition) is 2. The molecule has 0 spiro atoms. The van der Waals surface area contributed by atoms with Crippen LogP contribution in [0.2, 0.25) is 0 Å². The number of para-hydroxylation sites is 2. The molecule has 3 heteroatoms. The molecule has 0 aliphatic heterocycles. The molecular formula is C52H34N2S. The zero-order chi connectivity index (χ0) is 36.3. The molecule has 0 N–H and O–H groups in total. The second kappa shape index (κ2) is 12.9. The first-order chi connectivity index (χ1) is 27.3. The smallest absolute Gasteiger partial charge is 0.0547 e. The van der Waals surface area contributed by atoms with E-state index in [0.29, 0.717) is 0 Å². The third-order valence-electron chi connectivity index (χ3n) is 10.9. The highest BCUT2D eigenvalue weighted by atomic mass is 32.1. The van der Waals surface area contributed by atoms with Crippen LogP contribution in [0.5, 0.6) is 0 Å². The van der Waals surface area contributed by atoms with Crippen molar-refractivity contribution in [2.24, 2.45) is 0 Å². The molecule has 0 bridgehead atoms. The molecule has 0 aliphatic carbocycles. The van der Waals surface area contributed by atoms with Gasteiger partial charge in [-0.15, -0.1) is 11.3 Å². The summed E-state index contributed by atoms with van der Waals surface area (Å²) in [5.74, 6) is 0. The van der Waals surface area contributed by atoms with Gasteiger partial charge in [-0.1, -0.05) is 127 Å². The Kier molecular flexibility index (Phi) is 7.39. The fraction of sp³-hybridized carbons (Fsp3) is 0. The summed E-state index contributed by atoms with van der Waals surface area (Å²) in [6.45, 7) is 0. The number of nitrogens with zero attached hydrogens (tertiary/aromatic N) is 2. The van der Waals surface area contributed by atoms with Crippen LogP contribution in [0.15, 0.2) is 206 Å². The first-order valence-corrected chi connectivity index (χ1v) is 19.6. The minimum absolute atomic E-state index is 1.11. The Morgan fingerprint density at radius 3 is 1.75 bits per heavy atom. The molecule has 11 rings (SSSR count). The van der Waals surface area contributed by atoms with Crippen molar-refractivity contribution in [3.63, 3.8) is 0 Å². The molecule has 0 aliphatic rings. The van der Waals surface area contributed by atoms with Crippen LogP contribution in [-0.4, -0.2) is 4.57 Å². The predicted molar refractivity (Wildman–Crippen MR) is 237 cm³/mol. The van der Waals surface area contributed by atoms with Crippen LogP contribution < -0.4 is 4.90 Å². The second-order valence-electron chi connectivity index (χ2n) is 14.2. The minimum atomic E-state index is 1.11. The molecule has 2 heterocycles. The van der Waals surface area contributed by atoms with Crippen molar-refractivity contribution in [3.05, 3.63) is 206 Å². The molecule has 11 aromatic rings. The van der Waals surface area contributed by atoms with E-state index in [-0.39, 0.29) is 0 Å². The Bertz CT molecular complexity index is 3210. The standard InChI is InChI=1S/C52H34N2S/c1-3-13-35(14-4-1)37-15-11-19-41(31-37)53(43-28-30-51-47(34-43)44-21-8-10-24-50(44)55-51)42-20-12-16-38(32-42)39-26-25-36-27-29-49-52(46(36)33-39)45-22-7-9-23-48(45)54(49)40-17-5-2-6-18-40/h1-34H. The van der Waals surface area contributed by atoms with Crippen LogP contribution in [-0.2, 0) is 0 Å². The molecule has 2 nitrogen and oxygen atoms in total. The van der Waals surface area contributed by atoms with Crippen molar-refractivity contribution in [1.82, 2.24) is 4.57 Å². The topological polar surface area (TPSA) is 8.17 Å². The van der Waals surface area contributed by atoms with Crippen LogP contribution in [0.25, 0.3) is 80.7 Å². The van der Waals surface area contributed by atoms with Gasteiger partial charge in [0.1, 0.15) is 0 Å². The highest BCUT2D eigenvalue weighted by Crippen LogP contribution is 2.43. The highest BCUT2D eigenvalue weighted by Gasteiger charge is 2.18. The van der Waals surface area contributed by atoms with E-state index < -0.39 is 0 Å². The number of benzene rings is 9. The summed E-state index contributed by atoms with van der Waals surface area (Å²) in [4.78, 5) is 2.41. The lowest BCUT2D eigenvalue weighted by atomic mass is 9.97. The van der Waals surface area contributed by atoms with Gasteiger partial charge in [0, 0.05) is 53.7 Å². The summed E-state index contributed by atoms with van der Waals surface area (Å²) in [6.07, 6.45) is 0. The van der Waals surface area contributed by atoms with Gasteiger partial charge in [-0.3, -0.25) is 0 Å². The highest BCUT2D eigenvalue weighted by molar-refractivity contribution is 7.25. The van der Waals surface area contributed by atoms with Crippen molar-refractivity contribution >= 4 is 81.1 Å². The van der Waals surface area contributed by atoms with Gasteiger partial charge in [0.25, 0.3) is 0 Å². The van der Waals surface area contributed by atoms with Crippen LogP contribution >= 0.6 is 11.3 Å². The number of hydrogen-bond donors (Lipinski definition) is 0. The molecule has 0 fully saturated rings. The predicted octanol–water partition coefficient (Wildman–Crippen LogP) is 15.1. The van der Waals surface area contributed by atoms with Crippen molar-refractivity contribution in [2.45, 2.75) is 0 Å². The number of fused-ring (bicyclic) bond motifs is 8. The largest absolute Gasteiger partial charge is 0.310 e. The van der Waals surface area contributed by atoms with E-state index in [0.717, 1.165) is 17.1 Å². The first kappa shape index (κ1) is 31.6. The molecule has 0 saturated carbocycles. The summed E-state index contributed by atoms with van der Waals surface area (Å²) in [6, 6.07) is 75.2. The molecular weight excluding hydrogens is 685 g/mol. The maximum Gasteiger partial charge on any atom is 0.0547 e. The molecule has 0 saturated heterocycles. The fourth-order valence-electron chi connectivity index (χ4n) is 8.40. The Morgan fingerprint density at radius 2 is 0.945 bits per heavy atom. The van der Waals surface area contributed by atoms with Crippen molar-refractivity contribution in [3.8, 4) is 27.9 Å². The van der Waals surface area contributed by atoms with E-state index in [1.54, 1.807) is 0 Å². The second-order valence-corrected chi connectivity index (χ2v) is 15.2. The number of anilines is 3. The lowest BCUT2D eigenvalue weighted by molar-refractivity contribution is 1.18. The average Bonchev–Trinajstić information content (AvgIpc) is 3.80. The number of rotatable bonds is 6. The summed E-state index contributed by atoms with van der Waals surface area (Å²) in [5, 5.41) is 7.62. The SMILES string of the molecule is c1ccc(-c2cccc(N(c3cccc(-c4ccc5ccc6c(c5c4)c4ccccc4n6-c4ccccc4)c3)c3ccc4sc5ccccc5c4c3)c2)cc1. The van der Waals surface area contributed by atoms with Gasteiger partial charge in [0.05, 0.1) is 11.0 Å². The van der Waals surface area contributed by atoms with Crippen molar-refractivity contribution < 1.29 is 0 Å². The first-order valence-electron chi connectivity index (χ1n) is 18.8. The Labute approximate surface area is 323 Å². The van der Waals surface area contributed by atoms with Crippen molar-refractivity contribution in [2.75, 3.05) is 4.90 Å². The van der Waals surface area contributed by atoms with Gasteiger partial charge < -0.3 is 9.47 Å². The molecule has 2 aromatic heterocycles. The maximum absolute atomic E-state index is 2.41. The quantitative estimate of drug-likeness (QED) is 0.166. The molecule has 0 atom stereocenters. The van der Waals surface area contributed by atoms with Crippen LogP contribution in [0.1, 0.15) is 0 Å². The van der Waals surface area contributed by atoms with Crippen LogP contribution in [0.3, 0.4) is 0 Å². The summed E-state index contributed by atoms with van der Waals surface area (Å²) >= 11 is 1.86. The van der Waals surface area contributed by atoms with E-state index in [4.69, 9.17) is 0 Å². The molecule has 0 unspecified atom stereocenters. The summed E-state index contributed by atoms with van der Waals surface area (Å²) in [7, 11) is 0. The lowest BCUT2D eigenvalue weighted by Gasteiger charge is -2.27. The normalized spacial score (nSPS) is 11.6. The number of thiophene rings is 1. The van der Waals surface area contributed by atoms with E-state index in [1.807, 2.05) is 11.3 Å². The van der Waals surface area contributed by atoms with Gasteiger partial charge in [-0.2, -0.15) is 0 Å². The van der Waals surface area contributed by atoms with Crippen LogP contribution in [0, 0.1) is 0 Å². The third-order valence-corrected chi connectivity index (χ3v) is 12.1. The minimum Gasteiger partial charge on any atom is -0.310 e. The van der Waals surface area contributed by atoms with Crippen LogP contribution in [0.4, 0.5) is 17.1 Å². The van der Waals surface area contributed by atoms with E-state index in [1.165, 1.54) is 80.7 Å². The monoisotopic (exact) mass is 718 g/mol. The van der Waals surface area contributed by atoms with Crippen molar-refractivity contribution in [1.29, 1.82) is 0 Å². The molecule has 258 valence electrons. The Morgan fingerprint density at radius 1 is 0.345 bits per heavy atom. The van der Waals surface area contributed by atoms with E-state index in [9.17, 15) is 0 Å². The summed E-state index contributed by atoms with van der Waals surface area (Å²) < 4.78 is 5.01.